The standard InChI is InChI=1S/C16H14ClF2N3O/c17-10-3-1-2-9(6-10)14-8-15(22-21-14)16(23)20-13-5-4-11(18)7-12(13)19/h1-7,14-15,21-22H,8H2,(H,20,23). The fourth-order valence-electron chi connectivity index (χ4n) is 2.48. The fourth-order valence-corrected chi connectivity index (χ4v) is 2.68. The van der Waals surface area contributed by atoms with Gasteiger partial charge in [-0.1, -0.05) is 23.7 Å². The lowest BCUT2D eigenvalue weighted by Crippen LogP contribution is -2.39. The maximum absolute atomic E-state index is 13.6. The zero-order chi connectivity index (χ0) is 16.4. The van der Waals surface area contributed by atoms with Crippen molar-refractivity contribution in [3.63, 3.8) is 0 Å². The van der Waals surface area contributed by atoms with Crippen LogP contribution in [0.3, 0.4) is 0 Å². The maximum atomic E-state index is 13.6. The lowest BCUT2D eigenvalue weighted by molar-refractivity contribution is -0.117. The van der Waals surface area contributed by atoms with Crippen LogP contribution in [0.1, 0.15) is 18.0 Å². The Morgan fingerprint density at radius 2 is 2.00 bits per heavy atom. The largest absolute Gasteiger partial charge is 0.322 e. The fraction of sp³-hybridized carbons (Fsp3) is 0.188. The average Bonchev–Trinajstić information content (AvgIpc) is 3.00. The van der Waals surface area contributed by atoms with Crippen molar-refractivity contribution in [2.24, 2.45) is 0 Å². The van der Waals surface area contributed by atoms with Crippen molar-refractivity contribution < 1.29 is 13.6 Å². The number of hydrazine groups is 1. The van der Waals surface area contributed by atoms with Crippen LogP contribution in [0.2, 0.25) is 5.02 Å². The summed E-state index contributed by atoms with van der Waals surface area (Å²) in [7, 11) is 0. The van der Waals surface area contributed by atoms with Crippen LogP contribution in [0.4, 0.5) is 14.5 Å². The molecule has 0 bridgehead atoms. The molecule has 7 heteroatoms. The summed E-state index contributed by atoms with van der Waals surface area (Å²) in [5.74, 6) is -1.90. The third kappa shape index (κ3) is 3.67. The number of carbonyl (C=O) groups is 1. The number of anilines is 1. The normalized spacial score (nSPS) is 20.5. The van der Waals surface area contributed by atoms with Gasteiger partial charge in [-0.3, -0.25) is 4.79 Å². The summed E-state index contributed by atoms with van der Waals surface area (Å²) in [5.41, 5.74) is 6.79. The van der Waals surface area contributed by atoms with Crippen molar-refractivity contribution >= 4 is 23.2 Å². The molecule has 3 N–H and O–H groups in total. The van der Waals surface area contributed by atoms with E-state index in [-0.39, 0.29) is 11.7 Å². The molecule has 1 aliphatic rings. The van der Waals surface area contributed by atoms with Crippen LogP contribution in [0.25, 0.3) is 0 Å². The quantitative estimate of drug-likeness (QED) is 0.806. The van der Waals surface area contributed by atoms with Crippen molar-refractivity contribution in [2.45, 2.75) is 18.5 Å². The third-order valence-electron chi connectivity index (χ3n) is 3.66. The SMILES string of the molecule is O=C(Nc1ccc(F)cc1F)C1CC(c2cccc(Cl)c2)NN1. The average molecular weight is 338 g/mol. The summed E-state index contributed by atoms with van der Waals surface area (Å²) in [6.07, 6.45) is 0.481. The minimum Gasteiger partial charge on any atom is -0.322 e. The number of benzene rings is 2. The summed E-state index contributed by atoms with van der Waals surface area (Å²) >= 11 is 5.96. The topological polar surface area (TPSA) is 53.2 Å². The van der Waals surface area contributed by atoms with E-state index in [4.69, 9.17) is 11.6 Å². The molecule has 0 aliphatic carbocycles. The van der Waals surface area contributed by atoms with Crippen LogP contribution < -0.4 is 16.2 Å². The summed E-state index contributed by atoms with van der Waals surface area (Å²) in [6, 6.07) is 9.73. The van der Waals surface area contributed by atoms with E-state index in [1.54, 1.807) is 6.07 Å². The summed E-state index contributed by atoms with van der Waals surface area (Å²) in [5, 5.41) is 3.07. The van der Waals surface area contributed by atoms with E-state index in [1.807, 2.05) is 18.2 Å². The van der Waals surface area contributed by atoms with Gasteiger partial charge in [0.1, 0.15) is 17.7 Å². The van der Waals surface area contributed by atoms with Crippen LogP contribution in [-0.4, -0.2) is 11.9 Å². The molecule has 1 aliphatic heterocycles. The molecule has 2 unspecified atom stereocenters. The highest BCUT2D eigenvalue weighted by atomic mass is 35.5. The number of halogens is 3. The van der Waals surface area contributed by atoms with Crippen LogP contribution in [0.15, 0.2) is 42.5 Å². The van der Waals surface area contributed by atoms with Gasteiger partial charge in [-0.15, -0.1) is 0 Å². The second-order valence-electron chi connectivity index (χ2n) is 5.30. The Morgan fingerprint density at radius 1 is 1.17 bits per heavy atom. The maximum Gasteiger partial charge on any atom is 0.243 e. The van der Waals surface area contributed by atoms with E-state index >= 15 is 0 Å². The molecule has 0 saturated carbocycles. The molecule has 1 saturated heterocycles. The Labute approximate surface area is 136 Å². The minimum atomic E-state index is -0.810. The van der Waals surface area contributed by atoms with Gasteiger partial charge in [-0.25, -0.2) is 19.6 Å². The molecule has 120 valence electrons. The first-order valence-corrected chi connectivity index (χ1v) is 7.43. The number of carbonyl (C=O) groups excluding carboxylic acids is 1. The van der Waals surface area contributed by atoms with E-state index in [9.17, 15) is 13.6 Å². The van der Waals surface area contributed by atoms with Gasteiger partial charge in [0.15, 0.2) is 0 Å². The predicted octanol–water partition coefficient (Wildman–Crippen LogP) is 3.16. The van der Waals surface area contributed by atoms with Crippen LogP contribution in [-0.2, 0) is 4.79 Å². The predicted molar refractivity (Wildman–Crippen MR) is 83.9 cm³/mol. The molecule has 2 aromatic rings. The number of nitrogens with one attached hydrogen (secondary N) is 3. The molecule has 0 spiro atoms. The summed E-state index contributed by atoms with van der Waals surface area (Å²) < 4.78 is 26.4. The van der Waals surface area contributed by atoms with Gasteiger partial charge in [0.05, 0.1) is 5.69 Å². The van der Waals surface area contributed by atoms with Crippen molar-refractivity contribution in [3.05, 3.63) is 64.7 Å². The molecular weight excluding hydrogens is 324 g/mol. The monoisotopic (exact) mass is 337 g/mol. The number of rotatable bonds is 3. The van der Waals surface area contributed by atoms with E-state index < -0.39 is 23.6 Å². The van der Waals surface area contributed by atoms with Crippen molar-refractivity contribution in [1.29, 1.82) is 0 Å². The summed E-state index contributed by atoms with van der Waals surface area (Å²) in [6.45, 7) is 0. The Kier molecular flexibility index (Phi) is 4.56. The Hall–Kier alpha value is -2.02. The lowest BCUT2D eigenvalue weighted by Gasteiger charge is -2.11. The lowest BCUT2D eigenvalue weighted by atomic mass is 10.0. The second kappa shape index (κ2) is 6.62. The minimum absolute atomic E-state index is 0.0515. The number of hydrogen-bond donors (Lipinski definition) is 3. The molecule has 2 atom stereocenters. The van der Waals surface area contributed by atoms with Gasteiger partial charge >= 0.3 is 0 Å². The van der Waals surface area contributed by atoms with Gasteiger partial charge in [-0.05, 0) is 36.2 Å². The molecule has 3 rings (SSSR count). The number of amides is 1. The molecule has 0 aromatic heterocycles. The van der Waals surface area contributed by atoms with E-state index in [0.717, 1.165) is 17.7 Å². The van der Waals surface area contributed by atoms with Crippen molar-refractivity contribution in [2.75, 3.05) is 5.32 Å². The van der Waals surface area contributed by atoms with Crippen LogP contribution in [0, 0.1) is 11.6 Å². The highest BCUT2D eigenvalue weighted by Crippen LogP contribution is 2.25. The van der Waals surface area contributed by atoms with Crippen LogP contribution in [0.5, 0.6) is 0 Å². The van der Waals surface area contributed by atoms with E-state index in [0.29, 0.717) is 11.4 Å². The van der Waals surface area contributed by atoms with Gasteiger partial charge in [0.25, 0.3) is 0 Å². The molecule has 23 heavy (non-hydrogen) atoms. The smallest absolute Gasteiger partial charge is 0.243 e. The van der Waals surface area contributed by atoms with E-state index in [2.05, 4.69) is 16.2 Å². The van der Waals surface area contributed by atoms with Crippen molar-refractivity contribution in [3.8, 4) is 0 Å². The van der Waals surface area contributed by atoms with Gasteiger partial charge in [0, 0.05) is 17.1 Å². The zero-order valence-electron chi connectivity index (χ0n) is 11.9. The summed E-state index contributed by atoms with van der Waals surface area (Å²) in [4.78, 5) is 12.2. The Balaban J connectivity index is 1.65. The highest BCUT2D eigenvalue weighted by molar-refractivity contribution is 6.30. The highest BCUT2D eigenvalue weighted by Gasteiger charge is 2.30. The zero-order valence-corrected chi connectivity index (χ0v) is 12.7. The molecule has 0 radical (unpaired) electrons. The first-order chi connectivity index (χ1) is 11.0. The molecule has 4 nitrogen and oxygen atoms in total. The molecule has 2 aromatic carbocycles. The third-order valence-corrected chi connectivity index (χ3v) is 3.89. The van der Waals surface area contributed by atoms with Gasteiger partial charge < -0.3 is 5.32 Å². The van der Waals surface area contributed by atoms with Crippen molar-refractivity contribution in [1.82, 2.24) is 10.9 Å². The van der Waals surface area contributed by atoms with E-state index in [1.165, 1.54) is 6.07 Å². The van der Waals surface area contributed by atoms with Crippen LogP contribution >= 0.6 is 11.6 Å². The first kappa shape index (κ1) is 15.9. The molecular formula is C16H14ClF2N3O. The Bertz CT molecular complexity index is 741. The van der Waals surface area contributed by atoms with Gasteiger partial charge in [-0.2, -0.15) is 0 Å². The first-order valence-electron chi connectivity index (χ1n) is 7.05. The second-order valence-corrected chi connectivity index (χ2v) is 5.73. The van der Waals surface area contributed by atoms with Gasteiger partial charge in [0.2, 0.25) is 5.91 Å². The molecule has 1 amide bonds. The molecule has 1 fully saturated rings. The number of hydrogen-bond acceptors (Lipinski definition) is 3. The molecule has 1 heterocycles. The Morgan fingerprint density at radius 3 is 2.74 bits per heavy atom.